The van der Waals surface area contributed by atoms with Crippen molar-refractivity contribution < 1.29 is 27.9 Å². The summed E-state index contributed by atoms with van der Waals surface area (Å²) in [6, 6.07) is 0.271. The van der Waals surface area contributed by atoms with Gasteiger partial charge in [-0.2, -0.15) is 4.72 Å². The number of hydrogen-bond donors (Lipinski definition) is 4. The van der Waals surface area contributed by atoms with Crippen LogP contribution in [0.3, 0.4) is 0 Å². The molecular formula is C19H31N3O6S2. The number of carbonyl (C=O) groups excluding carboxylic acids is 2. The van der Waals surface area contributed by atoms with Crippen molar-refractivity contribution in [2.45, 2.75) is 57.3 Å². The van der Waals surface area contributed by atoms with E-state index in [0.29, 0.717) is 0 Å². The Morgan fingerprint density at radius 3 is 2.17 bits per heavy atom. The zero-order chi connectivity index (χ0) is 23.3. The third kappa shape index (κ3) is 7.06. The van der Waals surface area contributed by atoms with E-state index in [-0.39, 0.29) is 16.5 Å². The van der Waals surface area contributed by atoms with Crippen LogP contribution in [0.5, 0.6) is 0 Å². The van der Waals surface area contributed by atoms with Gasteiger partial charge < -0.3 is 15.7 Å². The van der Waals surface area contributed by atoms with E-state index in [1.807, 2.05) is 0 Å². The van der Waals surface area contributed by atoms with Gasteiger partial charge in [-0.15, -0.1) is 11.3 Å². The lowest BCUT2D eigenvalue weighted by Crippen LogP contribution is -2.58. The molecule has 0 fully saturated rings. The molecule has 11 heteroatoms. The van der Waals surface area contributed by atoms with E-state index in [2.05, 4.69) is 15.4 Å². The molecule has 0 aliphatic heterocycles. The van der Waals surface area contributed by atoms with E-state index in [1.54, 1.807) is 40.0 Å². The lowest BCUT2D eigenvalue weighted by molar-refractivity contribution is -0.144. The summed E-state index contributed by atoms with van der Waals surface area (Å²) in [5, 5.41) is 16.4. The number of thiophene rings is 1. The van der Waals surface area contributed by atoms with Gasteiger partial charge in [-0.05, 0) is 29.2 Å². The Kier molecular flexibility index (Phi) is 9.00. The second-order valence-electron chi connectivity index (χ2n) is 8.53. The van der Waals surface area contributed by atoms with Crippen LogP contribution in [0.25, 0.3) is 0 Å². The molecule has 0 saturated heterocycles. The average Bonchev–Trinajstić information content (AvgIpc) is 3.16. The standard InChI is InChI=1S/C19H31N3O6S2/c1-11(2)10-12(16(23)21-15(17(24)20-6)19(3,4)5)14(18(25)26)22-30(27,28)13-8-7-9-29-13/h7-9,11-12,14-15,22H,10H2,1-6H3,(H,20,24)(H,21,23)(H,25,26)/t12-,14+,15-/m1/s1. The maximum atomic E-state index is 13.1. The fourth-order valence-electron chi connectivity index (χ4n) is 2.92. The first-order chi connectivity index (χ1) is 13.7. The van der Waals surface area contributed by atoms with E-state index in [4.69, 9.17) is 0 Å². The third-order valence-electron chi connectivity index (χ3n) is 4.43. The number of amides is 2. The Morgan fingerprint density at radius 1 is 1.17 bits per heavy atom. The molecule has 2 amide bonds. The highest BCUT2D eigenvalue weighted by Crippen LogP contribution is 2.24. The van der Waals surface area contributed by atoms with Gasteiger partial charge in [-0.25, -0.2) is 8.42 Å². The number of sulfonamides is 1. The monoisotopic (exact) mass is 461 g/mol. The summed E-state index contributed by atoms with van der Waals surface area (Å²) < 4.78 is 27.3. The molecule has 170 valence electrons. The first kappa shape index (κ1) is 26.1. The molecule has 9 nitrogen and oxygen atoms in total. The van der Waals surface area contributed by atoms with Crippen molar-refractivity contribution >= 4 is 39.1 Å². The van der Waals surface area contributed by atoms with Crippen molar-refractivity contribution in [3.63, 3.8) is 0 Å². The molecule has 0 radical (unpaired) electrons. The SMILES string of the molecule is CNC(=O)[C@@H](NC(=O)[C@H](CC(C)C)[C@H](NS(=O)(=O)c1cccs1)C(=O)O)C(C)(C)C. The maximum Gasteiger partial charge on any atom is 0.322 e. The number of carbonyl (C=O) groups is 3. The van der Waals surface area contributed by atoms with Crippen LogP contribution in [0.4, 0.5) is 0 Å². The van der Waals surface area contributed by atoms with Crippen LogP contribution in [0.15, 0.2) is 21.7 Å². The molecule has 4 N–H and O–H groups in total. The summed E-state index contributed by atoms with van der Waals surface area (Å²) in [5.41, 5.74) is -0.646. The van der Waals surface area contributed by atoms with Crippen LogP contribution >= 0.6 is 11.3 Å². The molecule has 1 aromatic rings. The van der Waals surface area contributed by atoms with E-state index in [9.17, 15) is 27.9 Å². The highest BCUT2D eigenvalue weighted by atomic mass is 32.2. The molecule has 0 bridgehead atoms. The van der Waals surface area contributed by atoms with E-state index < -0.39 is 51.2 Å². The predicted octanol–water partition coefficient (Wildman–Crippen LogP) is 1.42. The van der Waals surface area contributed by atoms with Crippen molar-refractivity contribution in [2.75, 3.05) is 7.05 Å². The van der Waals surface area contributed by atoms with Gasteiger partial charge in [0.05, 0.1) is 5.92 Å². The van der Waals surface area contributed by atoms with Gasteiger partial charge in [-0.1, -0.05) is 40.7 Å². The number of aliphatic carboxylic acids is 1. The topological polar surface area (TPSA) is 142 Å². The first-order valence-corrected chi connectivity index (χ1v) is 11.9. The van der Waals surface area contributed by atoms with E-state index >= 15 is 0 Å². The molecular weight excluding hydrogens is 430 g/mol. The minimum Gasteiger partial charge on any atom is -0.480 e. The molecule has 0 unspecified atom stereocenters. The lowest BCUT2D eigenvalue weighted by atomic mass is 9.84. The fourth-order valence-corrected chi connectivity index (χ4v) is 5.16. The van der Waals surface area contributed by atoms with Crippen molar-refractivity contribution in [3.05, 3.63) is 17.5 Å². The lowest BCUT2D eigenvalue weighted by Gasteiger charge is -2.33. The highest BCUT2D eigenvalue weighted by Gasteiger charge is 2.40. The van der Waals surface area contributed by atoms with E-state index in [1.165, 1.54) is 19.2 Å². The average molecular weight is 462 g/mol. The number of carboxylic acid groups (broad SMARTS) is 1. The smallest absolute Gasteiger partial charge is 0.322 e. The normalized spacial score (nSPS) is 15.3. The van der Waals surface area contributed by atoms with Crippen LogP contribution in [0, 0.1) is 17.3 Å². The van der Waals surface area contributed by atoms with Crippen molar-refractivity contribution in [2.24, 2.45) is 17.3 Å². The Bertz CT molecular complexity index is 844. The van der Waals surface area contributed by atoms with Crippen LogP contribution < -0.4 is 15.4 Å². The Balaban J connectivity index is 3.27. The summed E-state index contributed by atoms with van der Waals surface area (Å²) in [4.78, 5) is 37.3. The van der Waals surface area contributed by atoms with Gasteiger partial charge in [0.1, 0.15) is 16.3 Å². The van der Waals surface area contributed by atoms with Crippen LogP contribution in [-0.4, -0.2) is 50.4 Å². The van der Waals surface area contributed by atoms with Crippen molar-refractivity contribution in [1.82, 2.24) is 15.4 Å². The van der Waals surface area contributed by atoms with Crippen LogP contribution in [0.1, 0.15) is 41.0 Å². The number of rotatable bonds is 10. The van der Waals surface area contributed by atoms with Crippen LogP contribution in [0.2, 0.25) is 0 Å². The summed E-state index contributed by atoms with van der Waals surface area (Å²) in [7, 11) is -2.69. The first-order valence-electron chi connectivity index (χ1n) is 9.51. The summed E-state index contributed by atoms with van der Waals surface area (Å²) in [5.74, 6) is -3.91. The van der Waals surface area contributed by atoms with Gasteiger partial charge >= 0.3 is 5.97 Å². The van der Waals surface area contributed by atoms with Crippen molar-refractivity contribution in [1.29, 1.82) is 0 Å². The van der Waals surface area contributed by atoms with Gasteiger partial charge in [-0.3, -0.25) is 14.4 Å². The zero-order valence-electron chi connectivity index (χ0n) is 18.1. The molecule has 30 heavy (non-hydrogen) atoms. The summed E-state index contributed by atoms with van der Waals surface area (Å²) >= 11 is 0.942. The minimum atomic E-state index is -4.12. The molecule has 1 rings (SSSR count). The zero-order valence-corrected chi connectivity index (χ0v) is 19.7. The molecule has 0 aliphatic rings. The molecule has 0 aliphatic carbocycles. The van der Waals surface area contributed by atoms with Gasteiger partial charge in [0.2, 0.25) is 11.8 Å². The molecule has 0 aromatic carbocycles. The van der Waals surface area contributed by atoms with E-state index in [0.717, 1.165) is 11.3 Å². The minimum absolute atomic E-state index is 0.0459. The molecule has 0 saturated carbocycles. The van der Waals surface area contributed by atoms with Gasteiger partial charge in [0.15, 0.2) is 0 Å². The Labute approximate surface area is 181 Å². The Hall–Kier alpha value is -1.98. The summed E-state index contributed by atoms with van der Waals surface area (Å²) in [6.07, 6.45) is 0.111. The quantitative estimate of drug-likeness (QED) is 0.415. The Morgan fingerprint density at radius 2 is 1.77 bits per heavy atom. The number of likely N-dealkylation sites (N-methyl/N-ethyl adjacent to an activating group) is 1. The largest absolute Gasteiger partial charge is 0.480 e. The molecule has 1 aromatic heterocycles. The number of carboxylic acids is 1. The van der Waals surface area contributed by atoms with Gasteiger partial charge in [0, 0.05) is 7.05 Å². The number of nitrogens with one attached hydrogen (secondary N) is 3. The highest BCUT2D eigenvalue weighted by molar-refractivity contribution is 7.91. The van der Waals surface area contributed by atoms with Crippen molar-refractivity contribution in [3.8, 4) is 0 Å². The molecule has 3 atom stereocenters. The summed E-state index contributed by atoms with van der Waals surface area (Å²) in [6.45, 7) is 8.89. The fraction of sp³-hybridized carbons (Fsp3) is 0.632. The maximum absolute atomic E-state index is 13.1. The van der Waals surface area contributed by atoms with Gasteiger partial charge in [0.25, 0.3) is 10.0 Å². The van der Waals surface area contributed by atoms with Crippen LogP contribution in [-0.2, 0) is 24.4 Å². The predicted molar refractivity (Wildman–Crippen MR) is 114 cm³/mol. The third-order valence-corrected chi connectivity index (χ3v) is 7.27. The molecule has 1 heterocycles. The molecule has 0 spiro atoms. The second kappa shape index (κ2) is 10.4. The second-order valence-corrected chi connectivity index (χ2v) is 11.4. The number of hydrogen-bond acceptors (Lipinski definition) is 6.